The molecule has 0 bridgehead atoms. The fourth-order valence-corrected chi connectivity index (χ4v) is 5.57. The summed E-state index contributed by atoms with van der Waals surface area (Å²) < 4.78 is 57.4. The Morgan fingerprint density at radius 3 is 2.26 bits per heavy atom. The molecule has 1 heterocycles. The molecule has 1 N–H and O–H groups in total. The molecule has 1 aromatic heterocycles. The molecular formula is C16H20N2O6S3. The lowest BCUT2D eigenvalue weighted by Crippen LogP contribution is -2.23. The van der Waals surface area contributed by atoms with Gasteiger partial charge in [-0.1, -0.05) is 0 Å². The van der Waals surface area contributed by atoms with E-state index in [1.165, 1.54) is 44.4 Å². The van der Waals surface area contributed by atoms with Gasteiger partial charge in [0.1, 0.15) is 4.21 Å². The largest absolute Gasteiger partial charge is 0.462 e. The number of carbonyl (C=O) groups is 1. The monoisotopic (exact) mass is 432 g/mol. The Hall–Kier alpha value is -1.79. The second-order valence-corrected chi connectivity index (χ2v) is 10.9. The van der Waals surface area contributed by atoms with Crippen LogP contribution >= 0.6 is 11.3 Å². The minimum absolute atomic E-state index is 0.00626. The van der Waals surface area contributed by atoms with Crippen LogP contribution in [0.15, 0.2) is 45.5 Å². The molecular weight excluding hydrogens is 412 g/mol. The van der Waals surface area contributed by atoms with Gasteiger partial charge in [-0.05, 0) is 43.3 Å². The Morgan fingerprint density at radius 2 is 1.70 bits per heavy atom. The lowest BCUT2D eigenvalue weighted by molar-refractivity contribution is 0.0526. The fourth-order valence-electron chi connectivity index (χ4n) is 2.01. The smallest absolute Gasteiger partial charge is 0.338 e. The van der Waals surface area contributed by atoms with Crippen molar-refractivity contribution in [3.8, 4) is 0 Å². The summed E-state index contributed by atoms with van der Waals surface area (Å²) in [6, 6.07) is 8.37. The topological polar surface area (TPSA) is 110 Å². The van der Waals surface area contributed by atoms with Gasteiger partial charge in [-0.15, -0.1) is 11.3 Å². The van der Waals surface area contributed by atoms with Crippen LogP contribution in [0.3, 0.4) is 0 Å². The Labute approximate surface area is 162 Å². The number of sulfonamides is 2. The van der Waals surface area contributed by atoms with Gasteiger partial charge in [0.05, 0.1) is 17.1 Å². The van der Waals surface area contributed by atoms with Crippen molar-refractivity contribution in [2.45, 2.75) is 22.6 Å². The highest BCUT2D eigenvalue weighted by molar-refractivity contribution is 7.91. The molecule has 0 aliphatic heterocycles. The van der Waals surface area contributed by atoms with Gasteiger partial charge < -0.3 is 4.74 Å². The molecule has 148 valence electrons. The van der Waals surface area contributed by atoms with Crippen molar-refractivity contribution in [1.29, 1.82) is 0 Å². The number of nitrogens with zero attached hydrogens (tertiary/aromatic N) is 1. The van der Waals surface area contributed by atoms with Crippen molar-refractivity contribution in [3.63, 3.8) is 0 Å². The Balaban J connectivity index is 2.09. The number of rotatable bonds is 8. The van der Waals surface area contributed by atoms with E-state index in [0.717, 1.165) is 15.6 Å². The first-order chi connectivity index (χ1) is 12.6. The van der Waals surface area contributed by atoms with Crippen LogP contribution in [0.2, 0.25) is 0 Å². The minimum Gasteiger partial charge on any atom is -0.462 e. The first kappa shape index (κ1) is 21.5. The SMILES string of the molecule is CCOC(=O)c1ccc(S(=O)(=O)NCc2ccc(S(=O)(=O)N(C)C)s2)cc1. The number of thiophene rings is 1. The maximum atomic E-state index is 12.4. The second-order valence-electron chi connectivity index (χ2n) is 5.58. The van der Waals surface area contributed by atoms with Gasteiger partial charge in [-0.2, -0.15) is 0 Å². The zero-order valence-corrected chi connectivity index (χ0v) is 17.4. The Bertz CT molecular complexity index is 1010. The van der Waals surface area contributed by atoms with Crippen LogP contribution in [0.5, 0.6) is 0 Å². The van der Waals surface area contributed by atoms with Crippen LogP contribution < -0.4 is 4.72 Å². The number of benzene rings is 1. The van der Waals surface area contributed by atoms with Crippen LogP contribution in [0.4, 0.5) is 0 Å². The quantitative estimate of drug-likeness (QED) is 0.635. The molecule has 2 aromatic rings. The highest BCUT2D eigenvalue weighted by Gasteiger charge is 2.20. The van der Waals surface area contributed by atoms with Gasteiger partial charge in [0.15, 0.2) is 0 Å². The van der Waals surface area contributed by atoms with E-state index in [2.05, 4.69) is 4.72 Å². The van der Waals surface area contributed by atoms with Gasteiger partial charge in [0.25, 0.3) is 10.0 Å². The molecule has 0 radical (unpaired) electrons. The summed E-state index contributed by atoms with van der Waals surface area (Å²) in [6.07, 6.45) is 0. The number of hydrogen-bond acceptors (Lipinski definition) is 7. The first-order valence-electron chi connectivity index (χ1n) is 7.86. The van der Waals surface area contributed by atoms with Crippen molar-refractivity contribution < 1.29 is 26.4 Å². The van der Waals surface area contributed by atoms with Crippen LogP contribution in [-0.2, 0) is 31.3 Å². The second kappa shape index (κ2) is 8.48. The van der Waals surface area contributed by atoms with Crippen molar-refractivity contribution in [2.24, 2.45) is 0 Å². The maximum absolute atomic E-state index is 12.4. The van der Waals surface area contributed by atoms with Crippen LogP contribution in [0.25, 0.3) is 0 Å². The number of nitrogens with one attached hydrogen (secondary N) is 1. The Kier molecular flexibility index (Phi) is 6.76. The van der Waals surface area contributed by atoms with E-state index in [4.69, 9.17) is 4.74 Å². The van der Waals surface area contributed by atoms with E-state index in [9.17, 15) is 21.6 Å². The average Bonchev–Trinajstić information content (AvgIpc) is 3.10. The third-order valence-corrected chi connectivity index (χ3v) is 8.27. The average molecular weight is 433 g/mol. The maximum Gasteiger partial charge on any atom is 0.338 e. The predicted molar refractivity (Wildman–Crippen MR) is 102 cm³/mol. The molecule has 0 amide bonds. The van der Waals surface area contributed by atoms with Gasteiger partial charge in [-0.25, -0.2) is 30.7 Å². The first-order valence-corrected chi connectivity index (χ1v) is 11.6. The number of hydrogen-bond donors (Lipinski definition) is 1. The number of esters is 1. The molecule has 0 saturated carbocycles. The molecule has 0 aliphatic carbocycles. The third-order valence-electron chi connectivity index (χ3n) is 3.48. The van der Waals surface area contributed by atoms with Gasteiger partial charge in [0, 0.05) is 25.5 Å². The highest BCUT2D eigenvalue weighted by Crippen LogP contribution is 2.24. The molecule has 0 fully saturated rings. The Morgan fingerprint density at radius 1 is 1.07 bits per heavy atom. The summed E-state index contributed by atoms with van der Waals surface area (Å²) >= 11 is 0.998. The molecule has 27 heavy (non-hydrogen) atoms. The normalized spacial score (nSPS) is 12.3. The van der Waals surface area contributed by atoms with Crippen LogP contribution in [0, 0.1) is 0 Å². The molecule has 0 aliphatic rings. The van der Waals surface area contributed by atoms with Gasteiger partial charge in [-0.3, -0.25) is 0 Å². The highest BCUT2D eigenvalue weighted by atomic mass is 32.2. The molecule has 1 aromatic carbocycles. The standard InChI is InChI=1S/C16H20N2O6S3/c1-4-24-16(19)12-5-8-14(9-6-12)26(20,21)17-11-13-7-10-15(25-13)27(22,23)18(2)3/h5-10,17H,4,11H2,1-3H3. The van der Waals surface area contributed by atoms with Crippen molar-refractivity contribution in [1.82, 2.24) is 9.03 Å². The molecule has 0 saturated heterocycles. The molecule has 0 atom stereocenters. The molecule has 8 nitrogen and oxygen atoms in total. The lowest BCUT2D eigenvalue weighted by Gasteiger charge is -2.08. The number of carbonyl (C=O) groups excluding carboxylic acids is 1. The van der Waals surface area contributed by atoms with E-state index in [1.807, 2.05) is 0 Å². The van der Waals surface area contributed by atoms with Gasteiger partial charge in [0.2, 0.25) is 10.0 Å². The summed E-state index contributed by atoms with van der Waals surface area (Å²) in [6.45, 7) is 1.86. The van der Waals surface area contributed by atoms with Crippen LogP contribution in [-0.4, -0.2) is 47.8 Å². The van der Waals surface area contributed by atoms with Crippen molar-refractivity contribution >= 4 is 37.4 Å². The third kappa shape index (κ3) is 5.14. The van der Waals surface area contributed by atoms with Crippen molar-refractivity contribution in [3.05, 3.63) is 46.8 Å². The van der Waals surface area contributed by atoms with E-state index < -0.39 is 26.0 Å². The van der Waals surface area contributed by atoms with E-state index in [0.29, 0.717) is 4.88 Å². The van der Waals surface area contributed by atoms with Crippen LogP contribution in [0.1, 0.15) is 22.2 Å². The summed E-state index contributed by atoms with van der Waals surface area (Å²) in [5, 5.41) is 0. The summed E-state index contributed by atoms with van der Waals surface area (Å²) in [5.74, 6) is -0.525. The summed E-state index contributed by atoms with van der Waals surface area (Å²) in [7, 11) is -4.50. The van der Waals surface area contributed by atoms with Gasteiger partial charge >= 0.3 is 5.97 Å². The summed E-state index contributed by atoms with van der Waals surface area (Å²) in [5.41, 5.74) is 0.257. The minimum atomic E-state index is -3.81. The van der Waals surface area contributed by atoms with E-state index >= 15 is 0 Å². The lowest BCUT2D eigenvalue weighted by atomic mass is 10.2. The van der Waals surface area contributed by atoms with E-state index in [-0.39, 0.29) is 27.8 Å². The molecule has 0 spiro atoms. The fraction of sp³-hybridized carbons (Fsp3) is 0.312. The molecule has 11 heteroatoms. The molecule has 2 rings (SSSR count). The zero-order valence-electron chi connectivity index (χ0n) is 15.0. The predicted octanol–water partition coefficient (Wildman–Crippen LogP) is 1.65. The van der Waals surface area contributed by atoms with E-state index in [1.54, 1.807) is 13.0 Å². The number of ether oxygens (including phenoxy) is 1. The van der Waals surface area contributed by atoms with Crippen molar-refractivity contribution in [2.75, 3.05) is 20.7 Å². The molecule has 0 unspecified atom stereocenters. The summed E-state index contributed by atoms with van der Waals surface area (Å²) in [4.78, 5) is 12.2. The zero-order chi connectivity index (χ0) is 20.2.